The van der Waals surface area contributed by atoms with E-state index in [1.54, 1.807) is 12.1 Å². The third-order valence-corrected chi connectivity index (χ3v) is 5.27. The number of aryl methyl sites for hydroxylation is 2. The van der Waals surface area contributed by atoms with Crippen LogP contribution in [0.15, 0.2) is 66.7 Å². The molecular weight excluding hydrogens is 384 g/mol. The van der Waals surface area contributed by atoms with E-state index >= 15 is 0 Å². The van der Waals surface area contributed by atoms with Gasteiger partial charge in [-0.3, -0.25) is 9.59 Å². The van der Waals surface area contributed by atoms with Crippen LogP contribution in [0.2, 0.25) is 0 Å². The van der Waals surface area contributed by atoms with Crippen LogP contribution >= 0.6 is 0 Å². The second-order valence-corrected chi connectivity index (χ2v) is 9.02. The molecule has 0 saturated carbocycles. The molecule has 160 valence electrons. The number of anilines is 2. The van der Waals surface area contributed by atoms with Crippen LogP contribution < -0.4 is 10.6 Å². The summed E-state index contributed by atoms with van der Waals surface area (Å²) in [5, 5.41) is 5.82. The number of hydrogen-bond acceptors (Lipinski definition) is 2. The molecule has 0 aromatic heterocycles. The Kier molecular flexibility index (Phi) is 6.59. The molecule has 0 atom stereocenters. The van der Waals surface area contributed by atoms with Crippen molar-refractivity contribution in [1.29, 1.82) is 0 Å². The van der Waals surface area contributed by atoms with Gasteiger partial charge in [0, 0.05) is 16.9 Å². The molecule has 0 unspecified atom stereocenters. The molecule has 31 heavy (non-hydrogen) atoms. The van der Waals surface area contributed by atoms with Crippen LogP contribution in [0, 0.1) is 13.8 Å². The maximum Gasteiger partial charge on any atom is 0.255 e. The van der Waals surface area contributed by atoms with Gasteiger partial charge < -0.3 is 10.6 Å². The van der Waals surface area contributed by atoms with Gasteiger partial charge in [0.05, 0.1) is 6.42 Å². The second kappa shape index (κ2) is 9.17. The molecule has 3 rings (SSSR count). The highest BCUT2D eigenvalue weighted by atomic mass is 16.2. The van der Waals surface area contributed by atoms with Gasteiger partial charge in [0.15, 0.2) is 0 Å². The van der Waals surface area contributed by atoms with Crippen LogP contribution in [-0.2, 0) is 16.6 Å². The maximum atomic E-state index is 12.6. The van der Waals surface area contributed by atoms with Gasteiger partial charge >= 0.3 is 0 Å². The standard InChI is InChI=1S/C27H30N2O2/c1-18-9-10-21(19(2)15-18)16-25(30)28-23-7-6-8-24(17-23)29-26(31)20-11-13-22(14-12-20)27(3,4)5/h6-15,17H,16H2,1-5H3,(H,28,30)(H,29,31). The molecule has 4 nitrogen and oxygen atoms in total. The van der Waals surface area contributed by atoms with E-state index in [1.807, 2.05) is 62.4 Å². The second-order valence-electron chi connectivity index (χ2n) is 9.02. The summed E-state index contributed by atoms with van der Waals surface area (Å²) in [5.74, 6) is -0.271. The summed E-state index contributed by atoms with van der Waals surface area (Å²) in [4.78, 5) is 25.1. The van der Waals surface area contributed by atoms with E-state index in [0.29, 0.717) is 23.4 Å². The zero-order valence-corrected chi connectivity index (χ0v) is 18.9. The number of rotatable bonds is 5. The normalized spacial score (nSPS) is 11.1. The Hall–Kier alpha value is -3.40. The summed E-state index contributed by atoms with van der Waals surface area (Å²) >= 11 is 0. The van der Waals surface area contributed by atoms with Crippen LogP contribution in [0.1, 0.15) is 53.4 Å². The quantitative estimate of drug-likeness (QED) is 0.535. The predicted octanol–water partition coefficient (Wildman–Crippen LogP) is 6.03. The smallest absolute Gasteiger partial charge is 0.255 e. The first-order valence-corrected chi connectivity index (χ1v) is 10.5. The van der Waals surface area contributed by atoms with Crippen molar-refractivity contribution in [2.75, 3.05) is 10.6 Å². The number of carbonyl (C=O) groups excluding carboxylic acids is 2. The zero-order chi connectivity index (χ0) is 22.6. The summed E-state index contributed by atoms with van der Waals surface area (Å²) in [6, 6.07) is 20.9. The molecule has 3 aromatic carbocycles. The van der Waals surface area contributed by atoms with E-state index in [2.05, 4.69) is 37.5 Å². The average molecular weight is 415 g/mol. The van der Waals surface area contributed by atoms with Crippen LogP contribution in [0.25, 0.3) is 0 Å². The van der Waals surface area contributed by atoms with Crippen molar-refractivity contribution < 1.29 is 9.59 Å². The molecule has 0 aliphatic heterocycles. The Morgan fingerprint density at radius 2 is 1.45 bits per heavy atom. The molecule has 0 aliphatic rings. The Morgan fingerprint density at radius 3 is 2.06 bits per heavy atom. The van der Waals surface area contributed by atoms with Crippen LogP contribution in [0.4, 0.5) is 11.4 Å². The van der Waals surface area contributed by atoms with Crippen LogP contribution in [0.3, 0.4) is 0 Å². The number of amides is 2. The minimum absolute atomic E-state index is 0.0403. The minimum atomic E-state index is -0.181. The Balaban J connectivity index is 1.64. The predicted molar refractivity (Wildman–Crippen MR) is 128 cm³/mol. The van der Waals surface area contributed by atoms with Crippen LogP contribution in [0.5, 0.6) is 0 Å². The molecule has 0 fully saturated rings. The van der Waals surface area contributed by atoms with Gasteiger partial charge in [0.25, 0.3) is 5.91 Å². The lowest BCUT2D eigenvalue weighted by molar-refractivity contribution is -0.115. The number of benzene rings is 3. The molecule has 0 aliphatic carbocycles. The first-order chi connectivity index (χ1) is 14.6. The summed E-state index contributed by atoms with van der Waals surface area (Å²) in [5.41, 5.74) is 6.39. The lowest BCUT2D eigenvalue weighted by atomic mass is 9.87. The molecule has 0 saturated heterocycles. The molecule has 2 amide bonds. The Bertz CT molecular complexity index is 1090. The highest BCUT2D eigenvalue weighted by molar-refractivity contribution is 6.04. The maximum absolute atomic E-state index is 12.6. The fourth-order valence-corrected chi connectivity index (χ4v) is 3.42. The fraction of sp³-hybridized carbons (Fsp3) is 0.259. The van der Waals surface area contributed by atoms with E-state index in [4.69, 9.17) is 0 Å². The van der Waals surface area contributed by atoms with Gasteiger partial charge in [-0.2, -0.15) is 0 Å². The topological polar surface area (TPSA) is 58.2 Å². The third-order valence-electron chi connectivity index (χ3n) is 5.27. The van der Waals surface area contributed by atoms with Crippen molar-refractivity contribution in [3.63, 3.8) is 0 Å². The molecule has 2 N–H and O–H groups in total. The molecule has 4 heteroatoms. The van der Waals surface area contributed by atoms with E-state index in [0.717, 1.165) is 11.1 Å². The van der Waals surface area contributed by atoms with E-state index in [1.165, 1.54) is 11.1 Å². The molecular formula is C27H30N2O2. The van der Waals surface area contributed by atoms with Crippen molar-refractivity contribution in [2.45, 2.75) is 46.5 Å². The van der Waals surface area contributed by atoms with Gasteiger partial charge in [-0.15, -0.1) is 0 Å². The SMILES string of the molecule is Cc1ccc(CC(=O)Nc2cccc(NC(=O)c3ccc(C(C)(C)C)cc3)c2)c(C)c1. The van der Waals surface area contributed by atoms with Gasteiger partial charge in [-0.1, -0.05) is 62.7 Å². The number of carbonyl (C=O) groups is 2. The average Bonchev–Trinajstić information content (AvgIpc) is 2.70. The van der Waals surface area contributed by atoms with E-state index < -0.39 is 0 Å². The highest BCUT2D eigenvalue weighted by Gasteiger charge is 2.14. The van der Waals surface area contributed by atoms with Gasteiger partial charge in [0.2, 0.25) is 5.91 Å². The van der Waals surface area contributed by atoms with Crippen molar-refractivity contribution in [3.05, 3.63) is 94.5 Å². The first kappa shape index (κ1) is 22.3. The lowest BCUT2D eigenvalue weighted by Gasteiger charge is -2.19. The van der Waals surface area contributed by atoms with Crippen molar-refractivity contribution >= 4 is 23.2 Å². The van der Waals surface area contributed by atoms with E-state index in [-0.39, 0.29) is 17.2 Å². The lowest BCUT2D eigenvalue weighted by Crippen LogP contribution is -2.16. The summed E-state index contributed by atoms with van der Waals surface area (Å²) in [7, 11) is 0. The fourth-order valence-electron chi connectivity index (χ4n) is 3.42. The monoisotopic (exact) mass is 414 g/mol. The van der Waals surface area contributed by atoms with Gasteiger partial charge in [-0.25, -0.2) is 0 Å². The first-order valence-electron chi connectivity index (χ1n) is 10.5. The molecule has 3 aromatic rings. The zero-order valence-electron chi connectivity index (χ0n) is 18.9. The van der Waals surface area contributed by atoms with Gasteiger partial charge in [-0.05, 0) is 66.3 Å². The molecule has 0 radical (unpaired) electrons. The molecule has 0 spiro atoms. The summed E-state index contributed by atoms with van der Waals surface area (Å²) < 4.78 is 0. The van der Waals surface area contributed by atoms with Crippen molar-refractivity contribution in [3.8, 4) is 0 Å². The Labute approximate surface area is 184 Å². The highest BCUT2D eigenvalue weighted by Crippen LogP contribution is 2.23. The van der Waals surface area contributed by atoms with Gasteiger partial charge in [0.1, 0.15) is 0 Å². The summed E-state index contributed by atoms with van der Waals surface area (Å²) in [6.45, 7) is 10.5. The van der Waals surface area contributed by atoms with E-state index in [9.17, 15) is 9.59 Å². The number of hydrogen-bond donors (Lipinski definition) is 2. The summed E-state index contributed by atoms with van der Waals surface area (Å²) in [6.07, 6.45) is 0.308. The minimum Gasteiger partial charge on any atom is -0.326 e. The van der Waals surface area contributed by atoms with Crippen LogP contribution in [-0.4, -0.2) is 11.8 Å². The van der Waals surface area contributed by atoms with Crippen molar-refractivity contribution in [1.82, 2.24) is 0 Å². The van der Waals surface area contributed by atoms with Crippen molar-refractivity contribution in [2.24, 2.45) is 0 Å². The third kappa shape index (κ3) is 6.05. The largest absolute Gasteiger partial charge is 0.326 e. The number of nitrogens with one attached hydrogen (secondary N) is 2. The molecule has 0 heterocycles. The Morgan fingerprint density at radius 1 is 0.806 bits per heavy atom. The molecule has 0 bridgehead atoms.